The van der Waals surface area contributed by atoms with Crippen molar-refractivity contribution in [3.8, 4) is 0 Å². The molecule has 3 nitrogen and oxygen atoms in total. The highest BCUT2D eigenvalue weighted by atomic mass is 32.1. The van der Waals surface area contributed by atoms with Crippen LogP contribution >= 0.6 is 11.3 Å². The van der Waals surface area contributed by atoms with Crippen molar-refractivity contribution in [2.24, 2.45) is 11.8 Å². The highest BCUT2D eigenvalue weighted by Crippen LogP contribution is 2.24. The quantitative estimate of drug-likeness (QED) is 0.903. The summed E-state index contributed by atoms with van der Waals surface area (Å²) in [5.74, 6) is 1.43. The van der Waals surface area contributed by atoms with Crippen molar-refractivity contribution in [1.82, 2.24) is 15.2 Å². The molecule has 1 aliphatic heterocycles. The van der Waals surface area contributed by atoms with Gasteiger partial charge in [0.1, 0.15) is 0 Å². The van der Waals surface area contributed by atoms with E-state index in [0.29, 0.717) is 18.0 Å². The lowest BCUT2D eigenvalue weighted by atomic mass is 9.92. The molecule has 20 heavy (non-hydrogen) atoms. The summed E-state index contributed by atoms with van der Waals surface area (Å²) in [5.41, 5.74) is 3.18. The number of hydrogen-bond donors (Lipinski definition) is 1. The third-order valence-corrected chi connectivity index (χ3v) is 5.70. The molecule has 0 aromatic carbocycles. The van der Waals surface area contributed by atoms with Crippen LogP contribution in [0.25, 0.3) is 0 Å². The molecule has 1 N–H and O–H groups in total. The Labute approximate surface area is 127 Å². The molecular formula is C16H29N3S. The van der Waals surface area contributed by atoms with Crippen molar-refractivity contribution in [1.29, 1.82) is 0 Å². The van der Waals surface area contributed by atoms with Gasteiger partial charge in [-0.15, -0.1) is 11.3 Å². The molecular weight excluding hydrogens is 266 g/mol. The number of nitrogens with zero attached hydrogens (tertiary/aromatic N) is 2. The summed E-state index contributed by atoms with van der Waals surface area (Å²) in [5, 5.41) is 3.77. The molecule has 2 rings (SSSR count). The molecule has 0 bridgehead atoms. The van der Waals surface area contributed by atoms with Crippen LogP contribution in [-0.2, 0) is 6.54 Å². The smallest absolute Gasteiger partial charge is 0.0798 e. The lowest BCUT2D eigenvalue weighted by Crippen LogP contribution is -2.59. The van der Waals surface area contributed by atoms with Crippen LogP contribution in [0.2, 0.25) is 0 Å². The van der Waals surface area contributed by atoms with Crippen LogP contribution in [0.3, 0.4) is 0 Å². The van der Waals surface area contributed by atoms with Crippen LogP contribution in [0.5, 0.6) is 0 Å². The van der Waals surface area contributed by atoms with E-state index in [1.807, 2.05) is 5.51 Å². The zero-order valence-electron chi connectivity index (χ0n) is 13.5. The van der Waals surface area contributed by atoms with Crippen LogP contribution < -0.4 is 5.32 Å². The molecule has 3 atom stereocenters. The van der Waals surface area contributed by atoms with Gasteiger partial charge in [-0.25, -0.2) is 4.98 Å². The van der Waals surface area contributed by atoms with Gasteiger partial charge in [-0.05, 0) is 18.8 Å². The minimum absolute atomic E-state index is 0.628. The molecule has 0 radical (unpaired) electrons. The molecule has 0 aliphatic carbocycles. The fourth-order valence-corrected chi connectivity index (χ4v) is 3.82. The van der Waals surface area contributed by atoms with Gasteiger partial charge in [0.05, 0.1) is 11.2 Å². The molecule has 4 heteroatoms. The Morgan fingerprint density at radius 3 is 2.75 bits per heavy atom. The lowest BCUT2D eigenvalue weighted by molar-refractivity contribution is 0.0760. The number of aryl methyl sites for hydroxylation is 1. The zero-order valence-corrected chi connectivity index (χ0v) is 14.3. The fourth-order valence-electron chi connectivity index (χ4n) is 3.02. The summed E-state index contributed by atoms with van der Waals surface area (Å²) >= 11 is 1.80. The predicted molar refractivity (Wildman–Crippen MR) is 87.1 cm³/mol. The Morgan fingerprint density at radius 1 is 1.45 bits per heavy atom. The highest BCUT2D eigenvalue weighted by molar-refractivity contribution is 7.09. The van der Waals surface area contributed by atoms with E-state index in [2.05, 4.69) is 49.8 Å². The first kappa shape index (κ1) is 15.9. The molecule has 1 aromatic heterocycles. The highest BCUT2D eigenvalue weighted by Gasteiger charge is 2.32. The summed E-state index contributed by atoms with van der Waals surface area (Å²) in [6, 6.07) is 1.26. The number of nitrogens with one attached hydrogen (secondary N) is 1. The van der Waals surface area contributed by atoms with E-state index in [1.54, 1.807) is 11.3 Å². The molecule has 0 saturated carbocycles. The Morgan fingerprint density at radius 2 is 2.20 bits per heavy atom. The average Bonchev–Trinajstić information content (AvgIpc) is 2.83. The van der Waals surface area contributed by atoms with Crippen molar-refractivity contribution < 1.29 is 0 Å². The van der Waals surface area contributed by atoms with E-state index in [0.717, 1.165) is 25.6 Å². The van der Waals surface area contributed by atoms with Gasteiger partial charge in [-0.1, -0.05) is 34.1 Å². The maximum Gasteiger partial charge on any atom is 0.0798 e. The van der Waals surface area contributed by atoms with Crippen LogP contribution in [-0.4, -0.2) is 35.1 Å². The number of rotatable bonds is 5. The summed E-state index contributed by atoms with van der Waals surface area (Å²) < 4.78 is 0. The maximum atomic E-state index is 4.40. The Bertz CT molecular complexity index is 416. The Balaban J connectivity index is 2.09. The van der Waals surface area contributed by atoms with Crippen molar-refractivity contribution in [2.75, 3.05) is 13.1 Å². The van der Waals surface area contributed by atoms with Crippen molar-refractivity contribution in [2.45, 2.75) is 59.7 Å². The maximum absolute atomic E-state index is 4.40. The molecule has 1 saturated heterocycles. The molecule has 2 heterocycles. The molecule has 0 amide bonds. The first-order chi connectivity index (χ1) is 9.52. The molecule has 114 valence electrons. The minimum atomic E-state index is 0.628. The summed E-state index contributed by atoms with van der Waals surface area (Å²) in [4.78, 5) is 8.51. The first-order valence-electron chi connectivity index (χ1n) is 7.89. The first-order valence-corrected chi connectivity index (χ1v) is 8.77. The van der Waals surface area contributed by atoms with E-state index in [-0.39, 0.29) is 0 Å². The monoisotopic (exact) mass is 295 g/mol. The summed E-state index contributed by atoms with van der Waals surface area (Å²) in [7, 11) is 0. The normalized spacial score (nSPS) is 26.1. The minimum Gasteiger partial charge on any atom is -0.311 e. The summed E-state index contributed by atoms with van der Waals surface area (Å²) in [6.45, 7) is 14.8. The van der Waals surface area contributed by atoms with Gasteiger partial charge in [0, 0.05) is 36.6 Å². The number of aromatic nitrogens is 1. The van der Waals surface area contributed by atoms with Crippen LogP contribution in [0.15, 0.2) is 5.51 Å². The second-order valence-electron chi connectivity index (χ2n) is 6.50. The van der Waals surface area contributed by atoms with Gasteiger partial charge in [-0.2, -0.15) is 0 Å². The Hall–Kier alpha value is -0.450. The third kappa shape index (κ3) is 3.60. The van der Waals surface area contributed by atoms with E-state index < -0.39 is 0 Å². The Kier molecular flexibility index (Phi) is 5.58. The second kappa shape index (κ2) is 7.01. The van der Waals surface area contributed by atoms with Crippen LogP contribution in [0, 0.1) is 18.8 Å². The van der Waals surface area contributed by atoms with Gasteiger partial charge in [-0.3, -0.25) is 4.90 Å². The topological polar surface area (TPSA) is 28.2 Å². The standard InChI is InChI=1S/C16H29N3S/c1-6-12(4)14-8-19(15(7-17-14)11(2)3)9-16-13(5)18-10-20-16/h10-12,14-15,17H,6-9H2,1-5H3. The fraction of sp³-hybridized carbons (Fsp3) is 0.812. The summed E-state index contributed by atoms with van der Waals surface area (Å²) in [6.07, 6.45) is 1.25. The number of piperazine rings is 1. The van der Waals surface area contributed by atoms with Crippen LogP contribution in [0.1, 0.15) is 44.7 Å². The van der Waals surface area contributed by atoms with Gasteiger partial charge < -0.3 is 5.32 Å². The van der Waals surface area contributed by atoms with E-state index in [1.165, 1.54) is 17.0 Å². The van der Waals surface area contributed by atoms with Gasteiger partial charge >= 0.3 is 0 Å². The lowest BCUT2D eigenvalue weighted by Gasteiger charge is -2.44. The molecule has 1 fully saturated rings. The number of thiazole rings is 1. The molecule has 1 aliphatic rings. The van der Waals surface area contributed by atoms with E-state index in [9.17, 15) is 0 Å². The molecule has 1 aromatic rings. The zero-order chi connectivity index (χ0) is 14.7. The molecule has 0 spiro atoms. The van der Waals surface area contributed by atoms with Crippen molar-refractivity contribution in [3.63, 3.8) is 0 Å². The van der Waals surface area contributed by atoms with Gasteiger partial charge in [0.2, 0.25) is 0 Å². The van der Waals surface area contributed by atoms with Crippen LogP contribution in [0.4, 0.5) is 0 Å². The van der Waals surface area contributed by atoms with Gasteiger partial charge in [0.15, 0.2) is 0 Å². The van der Waals surface area contributed by atoms with E-state index >= 15 is 0 Å². The SMILES string of the molecule is CCC(C)C1CN(Cc2scnc2C)C(C(C)C)CN1. The number of hydrogen-bond acceptors (Lipinski definition) is 4. The average molecular weight is 295 g/mol. The third-order valence-electron chi connectivity index (χ3n) is 4.78. The second-order valence-corrected chi connectivity index (χ2v) is 7.44. The molecule has 3 unspecified atom stereocenters. The van der Waals surface area contributed by atoms with Gasteiger partial charge in [0.25, 0.3) is 0 Å². The van der Waals surface area contributed by atoms with Crippen molar-refractivity contribution in [3.05, 3.63) is 16.1 Å². The van der Waals surface area contributed by atoms with E-state index in [4.69, 9.17) is 0 Å². The van der Waals surface area contributed by atoms with Crippen molar-refractivity contribution >= 4 is 11.3 Å². The largest absolute Gasteiger partial charge is 0.311 e. The predicted octanol–water partition coefficient (Wildman–Crippen LogP) is 3.30.